The SMILES string of the molecule is CC[C@H](Oc1ccc(OC)cc1)C(=O)N[C@@H](CC)c1ccccc1. The van der Waals surface area contributed by atoms with Crippen molar-refractivity contribution in [3.63, 3.8) is 0 Å². The van der Waals surface area contributed by atoms with Gasteiger partial charge >= 0.3 is 0 Å². The number of methoxy groups -OCH3 is 1. The number of hydrogen-bond donors (Lipinski definition) is 1. The van der Waals surface area contributed by atoms with Crippen LogP contribution in [0.1, 0.15) is 38.3 Å². The summed E-state index contributed by atoms with van der Waals surface area (Å²) in [6.07, 6.45) is 0.911. The van der Waals surface area contributed by atoms with Crippen LogP contribution in [0.15, 0.2) is 54.6 Å². The van der Waals surface area contributed by atoms with Crippen LogP contribution in [0.3, 0.4) is 0 Å². The number of carbonyl (C=O) groups is 1. The Morgan fingerprint density at radius 1 is 0.958 bits per heavy atom. The van der Waals surface area contributed by atoms with Crippen LogP contribution in [0.5, 0.6) is 11.5 Å². The molecule has 0 heterocycles. The molecule has 1 amide bonds. The normalized spacial score (nSPS) is 13.0. The molecule has 0 bridgehead atoms. The van der Waals surface area contributed by atoms with E-state index in [4.69, 9.17) is 9.47 Å². The maximum Gasteiger partial charge on any atom is 0.261 e. The molecule has 24 heavy (non-hydrogen) atoms. The van der Waals surface area contributed by atoms with Gasteiger partial charge in [-0.15, -0.1) is 0 Å². The second-order valence-electron chi connectivity index (χ2n) is 5.57. The van der Waals surface area contributed by atoms with Gasteiger partial charge in [-0.05, 0) is 42.7 Å². The highest BCUT2D eigenvalue weighted by Crippen LogP contribution is 2.20. The zero-order valence-electron chi connectivity index (χ0n) is 14.5. The zero-order valence-corrected chi connectivity index (χ0v) is 14.5. The summed E-state index contributed by atoms with van der Waals surface area (Å²) in [6.45, 7) is 4.00. The molecule has 0 unspecified atom stereocenters. The molecule has 4 nitrogen and oxygen atoms in total. The average Bonchev–Trinajstić information content (AvgIpc) is 2.65. The summed E-state index contributed by atoms with van der Waals surface area (Å²) in [6, 6.07) is 17.2. The fourth-order valence-electron chi connectivity index (χ4n) is 2.51. The molecule has 2 rings (SSSR count). The molecular formula is C20H25NO3. The molecular weight excluding hydrogens is 302 g/mol. The maximum atomic E-state index is 12.6. The monoisotopic (exact) mass is 327 g/mol. The maximum absolute atomic E-state index is 12.6. The van der Waals surface area contributed by atoms with Crippen molar-refractivity contribution in [2.24, 2.45) is 0 Å². The fraction of sp³-hybridized carbons (Fsp3) is 0.350. The number of rotatable bonds is 8. The second kappa shape index (κ2) is 8.96. The first-order chi connectivity index (χ1) is 11.7. The molecule has 0 aromatic heterocycles. The molecule has 0 aliphatic carbocycles. The Bertz CT molecular complexity index is 625. The van der Waals surface area contributed by atoms with Crippen molar-refractivity contribution >= 4 is 5.91 Å². The lowest BCUT2D eigenvalue weighted by atomic mass is 10.0. The first-order valence-electron chi connectivity index (χ1n) is 8.34. The number of carbonyl (C=O) groups excluding carboxylic acids is 1. The third kappa shape index (κ3) is 4.75. The summed E-state index contributed by atoms with van der Waals surface area (Å²) in [4.78, 5) is 12.6. The van der Waals surface area contributed by atoms with Gasteiger partial charge in [-0.2, -0.15) is 0 Å². The molecule has 4 heteroatoms. The van der Waals surface area contributed by atoms with E-state index in [1.54, 1.807) is 7.11 Å². The van der Waals surface area contributed by atoms with E-state index >= 15 is 0 Å². The number of benzene rings is 2. The third-order valence-corrected chi connectivity index (χ3v) is 3.93. The van der Waals surface area contributed by atoms with Gasteiger partial charge in [0.15, 0.2) is 6.10 Å². The molecule has 0 fully saturated rings. The van der Waals surface area contributed by atoms with Gasteiger partial charge in [-0.1, -0.05) is 44.2 Å². The predicted molar refractivity (Wildman–Crippen MR) is 95.3 cm³/mol. The lowest BCUT2D eigenvalue weighted by molar-refractivity contribution is -0.128. The Morgan fingerprint density at radius 2 is 1.58 bits per heavy atom. The standard InChI is InChI=1S/C20H25NO3/c1-4-18(15-9-7-6-8-10-15)21-20(22)19(5-2)24-17-13-11-16(23-3)12-14-17/h6-14,18-19H,4-5H2,1-3H3,(H,21,22)/t18-,19-/m0/s1. The summed E-state index contributed by atoms with van der Waals surface area (Å²) < 4.78 is 11.0. The molecule has 0 radical (unpaired) electrons. The van der Waals surface area contributed by atoms with Crippen LogP contribution in [0.25, 0.3) is 0 Å². The molecule has 0 spiro atoms. The largest absolute Gasteiger partial charge is 0.497 e. The molecule has 0 saturated carbocycles. The van der Waals surface area contributed by atoms with E-state index in [0.29, 0.717) is 12.2 Å². The Morgan fingerprint density at radius 3 is 2.12 bits per heavy atom. The summed E-state index contributed by atoms with van der Waals surface area (Å²) in [7, 11) is 1.62. The van der Waals surface area contributed by atoms with Crippen molar-refractivity contribution in [1.29, 1.82) is 0 Å². The number of hydrogen-bond acceptors (Lipinski definition) is 3. The van der Waals surface area contributed by atoms with Gasteiger partial charge in [0.05, 0.1) is 13.2 Å². The van der Waals surface area contributed by atoms with Gasteiger partial charge in [0.1, 0.15) is 11.5 Å². The van der Waals surface area contributed by atoms with E-state index < -0.39 is 6.10 Å². The van der Waals surface area contributed by atoms with Crippen LogP contribution in [0, 0.1) is 0 Å². The summed E-state index contributed by atoms with van der Waals surface area (Å²) >= 11 is 0. The molecule has 0 aliphatic rings. The second-order valence-corrected chi connectivity index (χ2v) is 5.57. The van der Waals surface area contributed by atoms with Crippen molar-refractivity contribution in [3.05, 3.63) is 60.2 Å². The van der Waals surface area contributed by atoms with E-state index in [-0.39, 0.29) is 11.9 Å². The zero-order chi connectivity index (χ0) is 17.4. The van der Waals surface area contributed by atoms with Crippen LogP contribution in [0.2, 0.25) is 0 Å². The minimum Gasteiger partial charge on any atom is -0.497 e. The van der Waals surface area contributed by atoms with Gasteiger partial charge in [-0.3, -0.25) is 4.79 Å². The van der Waals surface area contributed by atoms with Gasteiger partial charge in [0.2, 0.25) is 0 Å². The van der Waals surface area contributed by atoms with Gasteiger partial charge < -0.3 is 14.8 Å². The molecule has 2 atom stereocenters. The van der Waals surface area contributed by atoms with Gasteiger partial charge in [0, 0.05) is 0 Å². The Hall–Kier alpha value is -2.49. The molecule has 0 aliphatic heterocycles. The van der Waals surface area contributed by atoms with Crippen LogP contribution in [0.4, 0.5) is 0 Å². The van der Waals surface area contributed by atoms with Crippen LogP contribution in [-0.4, -0.2) is 19.1 Å². The molecule has 0 saturated heterocycles. The van der Waals surface area contributed by atoms with E-state index in [1.807, 2.05) is 61.5 Å². The summed E-state index contributed by atoms with van der Waals surface area (Å²) in [5.41, 5.74) is 1.10. The summed E-state index contributed by atoms with van der Waals surface area (Å²) in [5, 5.41) is 3.09. The topological polar surface area (TPSA) is 47.6 Å². The predicted octanol–water partition coefficient (Wildman–Crippen LogP) is 4.12. The highest BCUT2D eigenvalue weighted by Gasteiger charge is 2.21. The van der Waals surface area contributed by atoms with E-state index in [2.05, 4.69) is 12.2 Å². The lowest BCUT2D eigenvalue weighted by Crippen LogP contribution is -2.39. The highest BCUT2D eigenvalue weighted by molar-refractivity contribution is 5.81. The average molecular weight is 327 g/mol. The van der Waals surface area contributed by atoms with Crippen molar-refractivity contribution in [2.45, 2.75) is 38.8 Å². The molecule has 128 valence electrons. The Balaban J connectivity index is 2.01. The van der Waals surface area contributed by atoms with E-state index in [1.165, 1.54) is 0 Å². The molecule has 2 aromatic rings. The minimum absolute atomic E-state index is 0.00721. The van der Waals surface area contributed by atoms with E-state index in [0.717, 1.165) is 17.7 Å². The highest BCUT2D eigenvalue weighted by atomic mass is 16.5. The molecule has 2 aromatic carbocycles. The van der Waals surface area contributed by atoms with Crippen molar-refractivity contribution < 1.29 is 14.3 Å². The van der Waals surface area contributed by atoms with Crippen molar-refractivity contribution in [1.82, 2.24) is 5.32 Å². The fourth-order valence-corrected chi connectivity index (χ4v) is 2.51. The lowest BCUT2D eigenvalue weighted by Gasteiger charge is -2.22. The van der Waals surface area contributed by atoms with Crippen molar-refractivity contribution in [3.8, 4) is 11.5 Å². The van der Waals surface area contributed by atoms with Gasteiger partial charge in [-0.25, -0.2) is 0 Å². The van der Waals surface area contributed by atoms with Crippen LogP contribution in [-0.2, 0) is 4.79 Å². The first kappa shape index (κ1) is 17.9. The van der Waals surface area contributed by atoms with E-state index in [9.17, 15) is 4.79 Å². The first-order valence-corrected chi connectivity index (χ1v) is 8.34. The quantitative estimate of drug-likeness (QED) is 0.793. The number of ether oxygens (including phenoxy) is 2. The minimum atomic E-state index is -0.517. The number of nitrogens with one attached hydrogen (secondary N) is 1. The smallest absolute Gasteiger partial charge is 0.261 e. The van der Waals surface area contributed by atoms with Gasteiger partial charge in [0.25, 0.3) is 5.91 Å². The molecule has 1 N–H and O–H groups in total. The van der Waals surface area contributed by atoms with Crippen LogP contribution >= 0.6 is 0 Å². The Labute approximate surface area is 143 Å². The van der Waals surface area contributed by atoms with Crippen LogP contribution < -0.4 is 14.8 Å². The van der Waals surface area contributed by atoms with Crippen molar-refractivity contribution in [2.75, 3.05) is 7.11 Å². The third-order valence-electron chi connectivity index (χ3n) is 3.93. The summed E-state index contributed by atoms with van der Waals surface area (Å²) in [5.74, 6) is 1.32. The number of amides is 1. The Kier molecular flexibility index (Phi) is 6.67.